The summed E-state index contributed by atoms with van der Waals surface area (Å²) in [6.07, 6.45) is 0. The summed E-state index contributed by atoms with van der Waals surface area (Å²) in [6, 6.07) is 11.5. The van der Waals surface area contributed by atoms with Crippen LogP contribution in [-0.2, 0) is 11.3 Å². The molecule has 0 atom stereocenters. The number of anilines is 1. The van der Waals surface area contributed by atoms with Crippen molar-refractivity contribution < 1.29 is 13.9 Å². The molecule has 1 aliphatic heterocycles. The normalized spacial score (nSPS) is 14.9. The first-order chi connectivity index (χ1) is 14.0. The Bertz CT molecular complexity index is 1110. The van der Waals surface area contributed by atoms with E-state index < -0.39 is 5.97 Å². The van der Waals surface area contributed by atoms with E-state index in [0.29, 0.717) is 47.6 Å². The van der Waals surface area contributed by atoms with Crippen LogP contribution in [0.25, 0.3) is 10.9 Å². The van der Waals surface area contributed by atoms with Crippen molar-refractivity contribution in [3.63, 3.8) is 0 Å². The molecule has 1 aromatic heterocycles. The number of hydrogen-bond donors (Lipinski definition) is 1. The molecule has 0 unspecified atom stereocenters. The Balaban J connectivity index is 1.49. The lowest BCUT2D eigenvalue weighted by atomic mass is 10.1. The van der Waals surface area contributed by atoms with Crippen molar-refractivity contribution in [2.75, 3.05) is 38.2 Å². The maximum atomic E-state index is 14.0. The minimum atomic E-state index is -0.472. The van der Waals surface area contributed by atoms with Crippen LogP contribution in [0.2, 0.25) is 0 Å². The van der Waals surface area contributed by atoms with Gasteiger partial charge in [0.2, 0.25) is 0 Å². The van der Waals surface area contributed by atoms with Gasteiger partial charge >= 0.3 is 5.97 Å². The van der Waals surface area contributed by atoms with E-state index in [2.05, 4.69) is 14.9 Å². The number of halogens is 1. The first kappa shape index (κ1) is 19.1. The molecule has 0 radical (unpaired) electrons. The molecule has 0 spiro atoms. The van der Waals surface area contributed by atoms with Crippen molar-refractivity contribution in [2.24, 2.45) is 0 Å². The molecule has 0 amide bonds. The second-order valence-corrected chi connectivity index (χ2v) is 6.95. The molecule has 0 saturated carbocycles. The number of hydrogen-bond acceptors (Lipinski definition) is 6. The number of esters is 1. The van der Waals surface area contributed by atoms with Gasteiger partial charge in [0.25, 0.3) is 5.56 Å². The quantitative estimate of drug-likeness (QED) is 0.681. The van der Waals surface area contributed by atoms with Gasteiger partial charge in [0.1, 0.15) is 11.6 Å². The highest BCUT2D eigenvalue weighted by molar-refractivity contribution is 5.93. The van der Waals surface area contributed by atoms with E-state index in [1.165, 1.54) is 13.2 Å². The third-order valence-electron chi connectivity index (χ3n) is 5.12. The van der Waals surface area contributed by atoms with Crippen molar-refractivity contribution in [2.45, 2.75) is 6.54 Å². The molecular weight excluding hydrogens is 375 g/mol. The van der Waals surface area contributed by atoms with Crippen molar-refractivity contribution in [1.82, 2.24) is 14.9 Å². The van der Waals surface area contributed by atoms with Crippen LogP contribution in [0, 0.1) is 5.82 Å². The number of benzene rings is 2. The first-order valence-corrected chi connectivity index (χ1v) is 9.38. The first-order valence-electron chi connectivity index (χ1n) is 9.38. The van der Waals surface area contributed by atoms with Crippen LogP contribution < -0.4 is 10.5 Å². The van der Waals surface area contributed by atoms with Gasteiger partial charge in [0.05, 0.1) is 35.8 Å². The third kappa shape index (κ3) is 3.97. The number of aromatic nitrogens is 2. The number of piperazine rings is 1. The Morgan fingerprint density at radius 3 is 2.66 bits per heavy atom. The molecule has 3 aromatic rings. The second kappa shape index (κ2) is 8.00. The van der Waals surface area contributed by atoms with E-state index in [4.69, 9.17) is 4.74 Å². The van der Waals surface area contributed by atoms with Crippen molar-refractivity contribution in [1.29, 1.82) is 0 Å². The number of nitrogens with zero attached hydrogens (tertiary/aromatic N) is 3. The molecule has 150 valence electrons. The van der Waals surface area contributed by atoms with Crippen LogP contribution in [-0.4, -0.2) is 54.1 Å². The van der Waals surface area contributed by atoms with Gasteiger partial charge in [-0.25, -0.2) is 14.2 Å². The van der Waals surface area contributed by atoms with Gasteiger partial charge in [-0.1, -0.05) is 12.1 Å². The summed E-state index contributed by atoms with van der Waals surface area (Å²) in [4.78, 5) is 35.6. The highest BCUT2D eigenvalue weighted by Gasteiger charge is 2.20. The summed E-state index contributed by atoms with van der Waals surface area (Å²) in [7, 11) is 1.31. The lowest BCUT2D eigenvalue weighted by Gasteiger charge is -2.35. The SMILES string of the molecule is COC(=O)c1ccc2c(=O)[nH]c(CN3CCN(c4ccccc4F)CC3)nc2c1. The molecule has 8 heteroatoms. The fourth-order valence-corrected chi connectivity index (χ4v) is 3.57. The van der Waals surface area contributed by atoms with Gasteiger partial charge < -0.3 is 14.6 Å². The van der Waals surface area contributed by atoms with Gasteiger partial charge in [-0.3, -0.25) is 9.69 Å². The molecule has 0 bridgehead atoms. The van der Waals surface area contributed by atoms with Crippen molar-refractivity contribution in [3.8, 4) is 0 Å². The number of nitrogens with one attached hydrogen (secondary N) is 1. The van der Waals surface area contributed by atoms with E-state index in [1.807, 2.05) is 11.0 Å². The minimum absolute atomic E-state index is 0.220. The number of carbonyl (C=O) groups is 1. The second-order valence-electron chi connectivity index (χ2n) is 6.95. The number of H-pyrrole nitrogens is 1. The zero-order valence-electron chi connectivity index (χ0n) is 16.0. The van der Waals surface area contributed by atoms with Crippen LogP contribution in [0.1, 0.15) is 16.2 Å². The predicted molar refractivity (Wildman–Crippen MR) is 108 cm³/mol. The van der Waals surface area contributed by atoms with Crippen LogP contribution in [0.5, 0.6) is 0 Å². The number of para-hydroxylation sites is 1. The van der Waals surface area contributed by atoms with Crippen LogP contribution in [0.3, 0.4) is 0 Å². The van der Waals surface area contributed by atoms with Crippen molar-refractivity contribution >= 4 is 22.6 Å². The van der Waals surface area contributed by atoms with E-state index in [9.17, 15) is 14.0 Å². The third-order valence-corrected chi connectivity index (χ3v) is 5.12. The number of ether oxygens (including phenoxy) is 1. The Kier molecular flexibility index (Phi) is 5.26. The average molecular weight is 396 g/mol. The summed E-state index contributed by atoms with van der Waals surface area (Å²) in [5.41, 5.74) is 1.17. The zero-order valence-corrected chi connectivity index (χ0v) is 16.0. The predicted octanol–water partition coefficient (Wildman–Crippen LogP) is 2.17. The number of fused-ring (bicyclic) bond motifs is 1. The lowest BCUT2D eigenvalue weighted by Crippen LogP contribution is -2.46. The highest BCUT2D eigenvalue weighted by Crippen LogP contribution is 2.20. The Morgan fingerprint density at radius 1 is 1.17 bits per heavy atom. The smallest absolute Gasteiger partial charge is 0.337 e. The van der Waals surface area contributed by atoms with Gasteiger partial charge in [-0.05, 0) is 30.3 Å². The van der Waals surface area contributed by atoms with Gasteiger partial charge in [0, 0.05) is 26.2 Å². The molecule has 2 heterocycles. The zero-order chi connectivity index (χ0) is 20.4. The average Bonchev–Trinajstić information content (AvgIpc) is 2.74. The Hall–Kier alpha value is -3.26. The van der Waals surface area contributed by atoms with Gasteiger partial charge in [0.15, 0.2) is 0 Å². The maximum absolute atomic E-state index is 14.0. The lowest BCUT2D eigenvalue weighted by molar-refractivity contribution is 0.0601. The van der Waals surface area contributed by atoms with E-state index in [-0.39, 0.29) is 11.4 Å². The van der Waals surface area contributed by atoms with Gasteiger partial charge in [-0.2, -0.15) is 0 Å². The molecule has 1 saturated heterocycles. The number of aromatic amines is 1. The van der Waals surface area contributed by atoms with Gasteiger partial charge in [-0.15, -0.1) is 0 Å². The molecule has 0 aliphatic carbocycles. The van der Waals surface area contributed by atoms with E-state index in [0.717, 1.165) is 13.1 Å². The van der Waals surface area contributed by atoms with E-state index in [1.54, 1.807) is 30.3 Å². The molecule has 2 aromatic carbocycles. The summed E-state index contributed by atoms with van der Waals surface area (Å²) in [5.74, 6) is -0.161. The highest BCUT2D eigenvalue weighted by atomic mass is 19.1. The van der Waals surface area contributed by atoms with Crippen LogP contribution in [0.4, 0.5) is 10.1 Å². The Labute approximate surface area is 166 Å². The summed E-state index contributed by atoms with van der Waals surface area (Å²) in [6.45, 7) is 3.28. The molecule has 29 heavy (non-hydrogen) atoms. The molecule has 7 nitrogen and oxygen atoms in total. The monoisotopic (exact) mass is 396 g/mol. The standard InChI is InChI=1S/C21H21FN4O3/c1-29-21(28)14-6-7-15-17(12-14)23-19(24-20(15)27)13-25-8-10-26(11-9-25)18-5-3-2-4-16(18)22/h2-7,12H,8-11,13H2,1H3,(H,23,24,27). The summed E-state index contributed by atoms with van der Waals surface area (Å²) in [5, 5.41) is 0.422. The molecular formula is C21H21FN4O3. The molecule has 1 aliphatic rings. The minimum Gasteiger partial charge on any atom is -0.465 e. The van der Waals surface area contributed by atoms with Crippen LogP contribution in [0.15, 0.2) is 47.3 Å². The largest absolute Gasteiger partial charge is 0.465 e. The summed E-state index contributed by atoms with van der Waals surface area (Å²) < 4.78 is 18.7. The number of carbonyl (C=O) groups excluding carboxylic acids is 1. The molecule has 1 N–H and O–H groups in total. The fraction of sp³-hybridized carbons (Fsp3) is 0.286. The van der Waals surface area contributed by atoms with E-state index >= 15 is 0 Å². The summed E-state index contributed by atoms with van der Waals surface area (Å²) >= 11 is 0. The fourth-order valence-electron chi connectivity index (χ4n) is 3.57. The van der Waals surface area contributed by atoms with Crippen molar-refractivity contribution in [3.05, 3.63) is 70.0 Å². The number of methoxy groups -OCH3 is 1. The topological polar surface area (TPSA) is 78.5 Å². The maximum Gasteiger partial charge on any atom is 0.337 e. The molecule has 1 fully saturated rings. The number of rotatable bonds is 4. The van der Waals surface area contributed by atoms with Crippen LogP contribution >= 0.6 is 0 Å². The molecule has 4 rings (SSSR count). The Morgan fingerprint density at radius 2 is 1.93 bits per heavy atom.